The Morgan fingerprint density at radius 2 is 2.25 bits per heavy atom. The average Bonchev–Trinajstić information content (AvgIpc) is 2.03. The quantitative estimate of drug-likeness (QED) is 0.639. The maximum Gasteiger partial charge on any atom is 0.213 e. The Hall–Kier alpha value is -1.00. The molecule has 0 spiro atoms. The number of halogens is 1. The third-order valence-corrected chi connectivity index (χ3v) is 1.54. The average molecular weight is 170 g/mol. The van der Waals surface area contributed by atoms with Crippen molar-refractivity contribution in [3.05, 3.63) is 29.8 Å². The minimum atomic E-state index is -0.902. The van der Waals surface area contributed by atoms with Crippen LogP contribution in [0.4, 0.5) is 4.39 Å². The van der Waals surface area contributed by atoms with Crippen molar-refractivity contribution >= 4 is 0 Å². The van der Waals surface area contributed by atoms with E-state index in [0.717, 1.165) is 0 Å². The fourth-order valence-corrected chi connectivity index (χ4v) is 0.858. The van der Waals surface area contributed by atoms with Crippen LogP contribution in [0.1, 0.15) is 18.7 Å². The van der Waals surface area contributed by atoms with Gasteiger partial charge in [0.15, 0.2) is 0 Å². The fourth-order valence-electron chi connectivity index (χ4n) is 0.858. The van der Waals surface area contributed by atoms with Gasteiger partial charge in [0.1, 0.15) is 6.10 Å². The van der Waals surface area contributed by atoms with E-state index in [9.17, 15) is 9.50 Å². The summed E-state index contributed by atoms with van der Waals surface area (Å²) in [5.41, 5.74) is 5.67. The van der Waals surface area contributed by atoms with E-state index >= 15 is 0 Å². The molecule has 0 aliphatic carbocycles. The van der Waals surface area contributed by atoms with Crippen molar-refractivity contribution in [3.63, 3.8) is 0 Å². The van der Waals surface area contributed by atoms with E-state index in [0.29, 0.717) is 0 Å². The standard InChI is InChI=1S/C8H11FN2O/c1-5(10)8(12)6-3-2-4-7(9)11-6/h2-5,8,12H,10H2,1H3/t5-,8+/m0/s1. The first-order chi connectivity index (χ1) is 5.61. The molecule has 0 saturated heterocycles. The maximum atomic E-state index is 12.5. The second kappa shape index (κ2) is 3.60. The van der Waals surface area contributed by atoms with Crippen LogP contribution in [0, 0.1) is 5.95 Å². The zero-order chi connectivity index (χ0) is 9.14. The van der Waals surface area contributed by atoms with Gasteiger partial charge in [-0.2, -0.15) is 4.39 Å². The number of aliphatic hydroxyl groups is 1. The number of pyridine rings is 1. The largest absolute Gasteiger partial charge is 0.385 e. The molecule has 1 aromatic heterocycles. The first-order valence-electron chi connectivity index (χ1n) is 3.67. The van der Waals surface area contributed by atoms with Crippen LogP contribution in [0.15, 0.2) is 18.2 Å². The zero-order valence-corrected chi connectivity index (χ0v) is 6.74. The minimum Gasteiger partial charge on any atom is -0.385 e. The molecule has 4 heteroatoms. The van der Waals surface area contributed by atoms with Crippen LogP contribution in [0.3, 0.4) is 0 Å². The first kappa shape index (κ1) is 9.09. The monoisotopic (exact) mass is 170 g/mol. The molecule has 1 aromatic rings. The lowest BCUT2D eigenvalue weighted by atomic mass is 10.1. The number of hydrogen-bond donors (Lipinski definition) is 2. The van der Waals surface area contributed by atoms with Crippen molar-refractivity contribution in [2.24, 2.45) is 5.73 Å². The van der Waals surface area contributed by atoms with Crippen molar-refractivity contribution in [1.82, 2.24) is 4.98 Å². The van der Waals surface area contributed by atoms with Gasteiger partial charge in [-0.25, -0.2) is 4.98 Å². The second-order valence-electron chi connectivity index (χ2n) is 2.69. The molecule has 0 amide bonds. The normalized spacial score (nSPS) is 15.7. The lowest BCUT2D eigenvalue weighted by Crippen LogP contribution is -2.25. The number of aliphatic hydroxyl groups excluding tert-OH is 1. The SMILES string of the molecule is C[C@H](N)[C@@H](O)c1cccc(F)n1. The van der Waals surface area contributed by atoms with E-state index < -0.39 is 18.1 Å². The van der Waals surface area contributed by atoms with E-state index in [4.69, 9.17) is 5.73 Å². The molecule has 3 N–H and O–H groups in total. The van der Waals surface area contributed by atoms with Gasteiger partial charge in [0.25, 0.3) is 0 Å². The predicted octanol–water partition coefficient (Wildman–Crippen LogP) is 0.601. The molecule has 0 aliphatic rings. The van der Waals surface area contributed by atoms with Crippen LogP contribution < -0.4 is 5.73 Å². The summed E-state index contributed by atoms with van der Waals surface area (Å²) in [6.07, 6.45) is -0.902. The fraction of sp³-hybridized carbons (Fsp3) is 0.375. The highest BCUT2D eigenvalue weighted by molar-refractivity contribution is 5.08. The molecule has 0 radical (unpaired) electrons. The van der Waals surface area contributed by atoms with E-state index in [1.54, 1.807) is 6.92 Å². The van der Waals surface area contributed by atoms with Crippen molar-refractivity contribution in [3.8, 4) is 0 Å². The van der Waals surface area contributed by atoms with E-state index in [-0.39, 0.29) is 5.69 Å². The lowest BCUT2D eigenvalue weighted by Gasteiger charge is -2.12. The highest BCUT2D eigenvalue weighted by Crippen LogP contribution is 2.12. The maximum absolute atomic E-state index is 12.5. The van der Waals surface area contributed by atoms with Crippen LogP contribution in [-0.4, -0.2) is 16.1 Å². The lowest BCUT2D eigenvalue weighted by molar-refractivity contribution is 0.147. The van der Waals surface area contributed by atoms with Crippen molar-refractivity contribution in [1.29, 1.82) is 0 Å². The predicted molar refractivity (Wildman–Crippen MR) is 42.8 cm³/mol. The molecule has 12 heavy (non-hydrogen) atoms. The molecule has 0 aliphatic heterocycles. The van der Waals surface area contributed by atoms with Gasteiger partial charge in [-0.1, -0.05) is 6.07 Å². The minimum absolute atomic E-state index is 0.269. The van der Waals surface area contributed by atoms with Gasteiger partial charge in [0, 0.05) is 6.04 Å². The van der Waals surface area contributed by atoms with Crippen molar-refractivity contribution in [2.45, 2.75) is 19.1 Å². The first-order valence-corrected chi connectivity index (χ1v) is 3.67. The smallest absolute Gasteiger partial charge is 0.213 e. The van der Waals surface area contributed by atoms with Gasteiger partial charge in [0.2, 0.25) is 5.95 Å². The summed E-state index contributed by atoms with van der Waals surface area (Å²) in [6.45, 7) is 1.64. The molecule has 2 atom stereocenters. The second-order valence-corrected chi connectivity index (χ2v) is 2.69. The number of nitrogens with zero attached hydrogens (tertiary/aromatic N) is 1. The summed E-state index contributed by atoms with van der Waals surface area (Å²) in [7, 11) is 0. The molecular formula is C8H11FN2O. The molecule has 0 bridgehead atoms. The zero-order valence-electron chi connectivity index (χ0n) is 6.74. The molecule has 0 saturated carbocycles. The Bertz CT molecular complexity index is 265. The van der Waals surface area contributed by atoms with Crippen LogP contribution in [0.5, 0.6) is 0 Å². The van der Waals surface area contributed by atoms with E-state index in [1.165, 1.54) is 18.2 Å². The number of hydrogen-bond acceptors (Lipinski definition) is 3. The molecular weight excluding hydrogens is 159 g/mol. The number of rotatable bonds is 2. The van der Waals surface area contributed by atoms with Crippen molar-refractivity contribution in [2.75, 3.05) is 0 Å². The van der Waals surface area contributed by atoms with Gasteiger partial charge in [-0.05, 0) is 19.1 Å². The molecule has 1 heterocycles. The number of aromatic nitrogens is 1. The Kier molecular flexibility index (Phi) is 2.73. The van der Waals surface area contributed by atoms with Gasteiger partial charge in [0.05, 0.1) is 5.69 Å². The molecule has 1 rings (SSSR count). The highest BCUT2D eigenvalue weighted by atomic mass is 19.1. The van der Waals surface area contributed by atoms with Gasteiger partial charge < -0.3 is 10.8 Å². The van der Waals surface area contributed by atoms with Crippen LogP contribution in [-0.2, 0) is 0 Å². The Morgan fingerprint density at radius 1 is 1.58 bits per heavy atom. The topological polar surface area (TPSA) is 59.1 Å². The summed E-state index contributed by atoms with van der Waals surface area (Å²) < 4.78 is 12.5. The highest BCUT2D eigenvalue weighted by Gasteiger charge is 2.13. The Labute approximate surface area is 70.0 Å². The summed E-state index contributed by atoms with van der Waals surface area (Å²) in [4.78, 5) is 3.50. The Morgan fingerprint density at radius 3 is 2.75 bits per heavy atom. The van der Waals surface area contributed by atoms with Crippen molar-refractivity contribution < 1.29 is 9.50 Å². The van der Waals surface area contributed by atoms with Gasteiger partial charge in [-0.3, -0.25) is 0 Å². The molecule has 0 fully saturated rings. The molecule has 66 valence electrons. The van der Waals surface area contributed by atoms with Crippen LogP contribution in [0.25, 0.3) is 0 Å². The molecule has 3 nitrogen and oxygen atoms in total. The van der Waals surface area contributed by atoms with Gasteiger partial charge in [-0.15, -0.1) is 0 Å². The Balaban J connectivity index is 2.88. The van der Waals surface area contributed by atoms with E-state index in [1.807, 2.05) is 0 Å². The number of nitrogens with two attached hydrogens (primary N) is 1. The third-order valence-electron chi connectivity index (χ3n) is 1.54. The molecule has 0 unspecified atom stereocenters. The molecule has 0 aromatic carbocycles. The van der Waals surface area contributed by atoms with Crippen LogP contribution in [0.2, 0.25) is 0 Å². The van der Waals surface area contributed by atoms with Crippen LogP contribution >= 0.6 is 0 Å². The summed E-state index contributed by atoms with van der Waals surface area (Å²) in [5.74, 6) is -0.604. The van der Waals surface area contributed by atoms with E-state index in [2.05, 4.69) is 4.98 Å². The summed E-state index contributed by atoms with van der Waals surface area (Å²) >= 11 is 0. The van der Waals surface area contributed by atoms with Gasteiger partial charge >= 0.3 is 0 Å². The third kappa shape index (κ3) is 1.99. The summed E-state index contributed by atoms with van der Waals surface area (Å²) in [5, 5.41) is 9.37. The summed E-state index contributed by atoms with van der Waals surface area (Å²) in [6, 6.07) is 3.80.